The third kappa shape index (κ3) is 6.72. The Bertz CT molecular complexity index is 767. The molecular formula is C23H31N3O2. The molecule has 0 bridgehead atoms. The van der Waals surface area contributed by atoms with Crippen LogP contribution >= 0.6 is 0 Å². The van der Waals surface area contributed by atoms with Crippen molar-refractivity contribution in [3.05, 3.63) is 59.7 Å². The fourth-order valence-electron chi connectivity index (χ4n) is 2.86. The molecule has 28 heavy (non-hydrogen) atoms. The van der Waals surface area contributed by atoms with E-state index in [1.807, 2.05) is 62.4 Å². The van der Waals surface area contributed by atoms with Crippen LogP contribution < -0.4 is 15.5 Å². The van der Waals surface area contributed by atoms with Crippen molar-refractivity contribution >= 4 is 23.2 Å². The van der Waals surface area contributed by atoms with E-state index in [1.54, 1.807) is 0 Å². The van der Waals surface area contributed by atoms with Gasteiger partial charge in [-0.2, -0.15) is 0 Å². The minimum atomic E-state index is -0.145. The summed E-state index contributed by atoms with van der Waals surface area (Å²) in [5.74, 6) is -0.149. The van der Waals surface area contributed by atoms with Gasteiger partial charge in [-0.25, -0.2) is 0 Å². The Morgan fingerprint density at radius 2 is 1.64 bits per heavy atom. The summed E-state index contributed by atoms with van der Waals surface area (Å²) in [6, 6.07) is 15.1. The van der Waals surface area contributed by atoms with Crippen molar-refractivity contribution in [1.82, 2.24) is 5.32 Å². The normalized spacial score (nSPS) is 10.6. The van der Waals surface area contributed by atoms with E-state index in [1.165, 1.54) is 0 Å². The summed E-state index contributed by atoms with van der Waals surface area (Å²) in [6.45, 7) is 7.05. The van der Waals surface area contributed by atoms with E-state index < -0.39 is 0 Å². The average Bonchev–Trinajstić information content (AvgIpc) is 2.67. The van der Waals surface area contributed by atoms with Crippen molar-refractivity contribution in [2.45, 2.75) is 46.1 Å². The Kier molecular flexibility index (Phi) is 8.05. The molecule has 0 unspecified atom stereocenters. The number of nitrogens with one attached hydrogen (secondary N) is 2. The lowest BCUT2D eigenvalue weighted by atomic mass is 10.1. The van der Waals surface area contributed by atoms with E-state index in [-0.39, 0.29) is 17.9 Å². The van der Waals surface area contributed by atoms with Crippen molar-refractivity contribution < 1.29 is 9.59 Å². The molecule has 5 heteroatoms. The van der Waals surface area contributed by atoms with E-state index in [4.69, 9.17) is 0 Å². The maximum Gasteiger partial charge on any atom is 0.255 e. The van der Waals surface area contributed by atoms with E-state index in [9.17, 15) is 9.59 Å². The topological polar surface area (TPSA) is 61.4 Å². The Hall–Kier alpha value is -2.82. The van der Waals surface area contributed by atoms with Gasteiger partial charge in [0.2, 0.25) is 5.91 Å². The fourth-order valence-corrected chi connectivity index (χ4v) is 2.86. The number of amides is 2. The van der Waals surface area contributed by atoms with Gasteiger partial charge in [0.1, 0.15) is 0 Å². The molecule has 0 saturated carbocycles. The molecule has 0 aliphatic rings. The van der Waals surface area contributed by atoms with Crippen LogP contribution in [-0.4, -0.2) is 31.4 Å². The summed E-state index contributed by atoms with van der Waals surface area (Å²) in [5, 5.41) is 5.77. The largest absolute Gasteiger partial charge is 0.375 e. The molecule has 2 amide bonds. The number of rotatable bonds is 9. The number of carbonyl (C=O) groups is 2. The molecule has 0 saturated heterocycles. The molecule has 5 nitrogen and oxygen atoms in total. The Labute approximate surface area is 168 Å². The van der Waals surface area contributed by atoms with Gasteiger partial charge in [-0.1, -0.05) is 25.5 Å². The average molecular weight is 382 g/mol. The number of unbranched alkanes of at least 4 members (excludes halogenated alkanes) is 1. The van der Waals surface area contributed by atoms with Gasteiger partial charge in [0.25, 0.3) is 5.91 Å². The van der Waals surface area contributed by atoms with Crippen LogP contribution in [0.5, 0.6) is 0 Å². The third-order valence-electron chi connectivity index (χ3n) is 4.44. The summed E-state index contributed by atoms with van der Waals surface area (Å²) in [7, 11) is 2.06. The zero-order valence-corrected chi connectivity index (χ0v) is 17.3. The van der Waals surface area contributed by atoms with Gasteiger partial charge in [-0.05, 0) is 62.2 Å². The van der Waals surface area contributed by atoms with E-state index in [0.717, 1.165) is 30.6 Å². The minimum absolute atomic E-state index is 0.00391. The number of nitrogens with zero attached hydrogens (tertiary/aromatic N) is 1. The molecule has 2 aromatic carbocycles. The Balaban J connectivity index is 1.92. The highest BCUT2D eigenvalue weighted by Crippen LogP contribution is 2.16. The van der Waals surface area contributed by atoms with Gasteiger partial charge >= 0.3 is 0 Å². The van der Waals surface area contributed by atoms with Gasteiger partial charge in [0.15, 0.2) is 0 Å². The van der Waals surface area contributed by atoms with E-state index in [2.05, 4.69) is 29.5 Å². The van der Waals surface area contributed by atoms with E-state index in [0.29, 0.717) is 17.7 Å². The van der Waals surface area contributed by atoms with Crippen molar-refractivity contribution in [2.24, 2.45) is 0 Å². The van der Waals surface area contributed by atoms with Crippen LogP contribution in [0.1, 0.15) is 49.5 Å². The molecule has 0 aliphatic carbocycles. The number of benzene rings is 2. The predicted octanol–water partition coefficient (Wildman–Crippen LogP) is 4.24. The maximum atomic E-state index is 12.5. The van der Waals surface area contributed by atoms with Crippen LogP contribution in [0.2, 0.25) is 0 Å². The second-order valence-electron chi connectivity index (χ2n) is 7.37. The minimum Gasteiger partial charge on any atom is -0.375 e. The molecule has 0 atom stereocenters. The molecule has 2 N–H and O–H groups in total. The molecule has 150 valence electrons. The second kappa shape index (κ2) is 10.5. The smallest absolute Gasteiger partial charge is 0.255 e. The highest BCUT2D eigenvalue weighted by molar-refractivity contribution is 6.04. The van der Waals surface area contributed by atoms with Crippen LogP contribution in [0, 0.1) is 0 Å². The predicted molar refractivity (Wildman–Crippen MR) is 116 cm³/mol. The highest BCUT2D eigenvalue weighted by atomic mass is 16.2. The lowest BCUT2D eigenvalue weighted by molar-refractivity contribution is -0.120. The van der Waals surface area contributed by atoms with E-state index >= 15 is 0 Å². The zero-order chi connectivity index (χ0) is 20.5. The first-order valence-electron chi connectivity index (χ1n) is 9.90. The number of carbonyl (C=O) groups excluding carboxylic acids is 2. The Morgan fingerprint density at radius 1 is 1.00 bits per heavy atom. The Morgan fingerprint density at radius 3 is 2.21 bits per heavy atom. The first-order valence-corrected chi connectivity index (χ1v) is 9.90. The number of anilines is 2. The lowest BCUT2D eigenvalue weighted by Crippen LogP contribution is -2.31. The second-order valence-corrected chi connectivity index (χ2v) is 7.37. The zero-order valence-electron chi connectivity index (χ0n) is 17.3. The quantitative estimate of drug-likeness (QED) is 0.683. The molecule has 0 radical (unpaired) electrons. The summed E-state index contributed by atoms with van der Waals surface area (Å²) in [5.41, 5.74) is 3.35. The van der Waals surface area contributed by atoms with Crippen molar-refractivity contribution in [3.8, 4) is 0 Å². The molecule has 0 spiro atoms. The SMILES string of the molecule is CCCCN(C)c1ccc(C(=O)Nc2ccc(CC(=O)NC(C)C)cc2)cc1. The van der Waals surface area contributed by atoms with Crippen molar-refractivity contribution in [1.29, 1.82) is 0 Å². The van der Waals surface area contributed by atoms with Crippen LogP contribution in [-0.2, 0) is 11.2 Å². The third-order valence-corrected chi connectivity index (χ3v) is 4.44. The number of hydrogen-bond acceptors (Lipinski definition) is 3. The molecule has 0 heterocycles. The van der Waals surface area contributed by atoms with Gasteiger partial charge in [-0.3, -0.25) is 9.59 Å². The van der Waals surface area contributed by atoms with Crippen LogP contribution in [0.3, 0.4) is 0 Å². The summed E-state index contributed by atoms with van der Waals surface area (Å²) < 4.78 is 0. The van der Waals surface area contributed by atoms with Crippen molar-refractivity contribution in [3.63, 3.8) is 0 Å². The molecule has 2 aromatic rings. The summed E-state index contributed by atoms with van der Waals surface area (Å²) in [4.78, 5) is 26.5. The molecule has 2 rings (SSSR count). The van der Waals surface area contributed by atoms with Gasteiger partial charge in [-0.15, -0.1) is 0 Å². The monoisotopic (exact) mass is 381 g/mol. The number of hydrogen-bond donors (Lipinski definition) is 2. The standard InChI is InChI=1S/C23H31N3O2/c1-5-6-15-26(4)21-13-9-19(10-14-21)23(28)25-20-11-7-18(8-12-20)16-22(27)24-17(2)3/h7-14,17H,5-6,15-16H2,1-4H3,(H,24,27)(H,25,28). The molecule has 0 aliphatic heterocycles. The van der Waals surface area contributed by atoms with Crippen LogP contribution in [0.25, 0.3) is 0 Å². The molecule has 0 aromatic heterocycles. The van der Waals surface area contributed by atoms with Crippen LogP contribution in [0.15, 0.2) is 48.5 Å². The highest BCUT2D eigenvalue weighted by Gasteiger charge is 2.09. The lowest BCUT2D eigenvalue weighted by Gasteiger charge is -2.19. The summed E-state index contributed by atoms with van der Waals surface area (Å²) >= 11 is 0. The van der Waals surface area contributed by atoms with Gasteiger partial charge in [0.05, 0.1) is 6.42 Å². The maximum absolute atomic E-state index is 12.5. The van der Waals surface area contributed by atoms with Crippen molar-refractivity contribution in [2.75, 3.05) is 23.8 Å². The van der Waals surface area contributed by atoms with Gasteiger partial charge in [0, 0.05) is 36.6 Å². The van der Waals surface area contributed by atoms with Crippen LogP contribution in [0.4, 0.5) is 11.4 Å². The molecular weight excluding hydrogens is 350 g/mol. The first-order chi connectivity index (χ1) is 13.4. The fraction of sp³-hybridized carbons (Fsp3) is 0.391. The summed E-state index contributed by atoms with van der Waals surface area (Å²) in [6.07, 6.45) is 2.64. The first kappa shape index (κ1) is 21.5. The van der Waals surface area contributed by atoms with Gasteiger partial charge < -0.3 is 15.5 Å². The molecule has 0 fully saturated rings.